The van der Waals surface area contributed by atoms with E-state index in [9.17, 15) is 9.59 Å². The van der Waals surface area contributed by atoms with Crippen LogP contribution in [0.1, 0.15) is 13.8 Å². The maximum atomic E-state index is 11.4. The first-order chi connectivity index (χ1) is 8.49. The predicted octanol–water partition coefficient (Wildman–Crippen LogP) is 0.204. The molecule has 0 aromatic carbocycles. The van der Waals surface area contributed by atoms with Crippen LogP contribution in [0.3, 0.4) is 0 Å². The van der Waals surface area contributed by atoms with Gasteiger partial charge in [0.25, 0.3) is 0 Å². The fourth-order valence-electron chi connectivity index (χ4n) is 2.08. The quantitative estimate of drug-likeness (QED) is 0.531. The molecule has 0 saturated carbocycles. The second-order valence-electron chi connectivity index (χ2n) is 4.47. The highest BCUT2D eigenvalue weighted by Gasteiger charge is 2.50. The van der Waals surface area contributed by atoms with E-state index < -0.39 is 18.2 Å². The van der Waals surface area contributed by atoms with Crippen LogP contribution in [0.4, 0.5) is 0 Å². The number of rotatable bonds is 3. The van der Waals surface area contributed by atoms with Crippen LogP contribution in [0.15, 0.2) is 12.2 Å². The normalized spacial score (nSPS) is 33.9. The molecular weight excluding hydrogens is 240 g/mol. The largest absolute Gasteiger partial charge is 0.457 e. The van der Waals surface area contributed by atoms with E-state index in [1.54, 1.807) is 6.92 Å². The van der Waals surface area contributed by atoms with Crippen LogP contribution in [0.25, 0.3) is 0 Å². The van der Waals surface area contributed by atoms with Crippen LogP contribution in [0, 0.1) is 0 Å². The summed E-state index contributed by atoms with van der Waals surface area (Å²) in [5, 5.41) is 0. The Morgan fingerprint density at radius 2 is 1.56 bits per heavy atom. The molecule has 0 aromatic heterocycles. The molecule has 18 heavy (non-hydrogen) atoms. The minimum atomic E-state index is -0.472. The monoisotopic (exact) mass is 256 g/mol. The van der Waals surface area contributed by atoms with Gasteiger partial charge < -0.3 is 18.9 Å². The molecule has 0 spiro atoms. The third kappa shape index (κ3) is 2.54. The molecule has 6 heteroatoms. The zero-order valence-corrected chi connectivity index (χ0v) is 10.4. The van der Waals surface area contributed by atoms with Crippen LogP contribution in [0.2, 0.25) is 0 Å². The number of hydrogen-bond acceptors (Lipinski definition) is 6. The summed E-state index contributed by atoms with van der Waals surface area (Å²) in [6.45, 7) is 6.92. The zero-order valence-electron chi connectivity index (χ0n) is 10.4. The van der Waals surface area contributed by atoms with Gasteiger partial charge in [-0.15, -0.1) is 0 Å². The molecule has 100 valence electrons. The number of ether oxygens (including phenoxy) is 4. The highest BCUT2D eigenvalue weighted by Crippen LogP contribution is 2.30. The van der Waals surface area contributed by atoms with Crippen molar-refractivity contribution in [3.63, 3.8) is 0 Å². The minimum absolute atomic E-state index is 0.242. The third-order valence-corrected chi connectivity index (χ3v) is 2.89. The average Bonchev–Trinajstić information content (AvgIpc) is 2.82. The molecule has 0 amide bonds. The van der Waals surface area contributed by atoms with Crippen molar-refractivity contribution in [2.75, 3.05) is 13.2 Å². The fourth-order valence-corrected chi connectivity index (χ4v) is 2.08. The van der Waals surface area contributed by atoms with Crippen LogP contribution >= 0.6 is 0 Å². The molecule has 0 bridgehead atoms. The van der Waals surface area contributed by atoms with Gasteiger partial charge in [-0.1, -0.05) is 6.58 Å². The van der Waals surface area contributed by atoms with Gasteiger partial charge in [0.15, 0.2) is 12.2 Å². The molecule has 2 aliphatic rings. The second-order valence-corrected chi connectivity index (χ2v) is 4.47. The molecule has 2 saturated heterocycles. The molecule has 6 nitrogen and oxygen atoms in total. The lowest BCUT2D eigenvalue weighted by Gasteiger charge is -2.16. The van der Waals surface area contributed by atoms with Gasteiger partial charge >= 0.3 is 11.9 Å². The van der Waals surface area contributed by atoms with Gasteiger partial charge in [-0.25, -0.2) is 4.79 Å². The van der Waals surface area contributed by atoms with E-state index in [-0.39, 0.29) is 31.4 Å². The third-order valence-electron chi connectivity index (χ3n) is 2.89. The SMILES string of the molecule is C=C(C)C(=O)O[C@@H]1CO[C@H]2[C@@H]1OC[C@@H]2OC(C)=O. The highest BCUT2D eigenvalue weighted by atomic mass is 16.7. The van der Waals surface area contributed by atoms with E-state index >= 15 is 0 Å². The Kier molecular flexibility index (Phi) is 3.68. The molecule has 0 aliphatic carbocycles. The van der Waals surface area contributed by atoms with Crippen molar-refractivity contribution >= 4 is 11.9 Å². The predicted molar refractivity (Wildman–Crippen MR) is 59.7 cm³/mol. The highest BCUT2D eigenvalue weighted by molar-refractivity contribution is 5.87. The summed E-state index contributed by atoms with van der Waals surface area (Å²) in [7, 11) is 0. The van der Waals surface area contributed by atoms with Gasteiger partial charge in [-0.2, -0.15) is 0 Å². The summed E-state index contributed by atoms with van der Waals surface area (Å²) < 4.78 is 21.2. The first-order valence-electron chi connectivity index (χ1n) is 5.76. The van der Waals surface area contributed by atoms with Crippen molar-refractivity contribution in [2.45, 2.75) is 38.3 Å². The van der Waals surface area contributed by atoms with Crippen molar-refractivity contribution in [3.05, 3.63) is 12.2 Å². The first kappa shape index (κ1) is 13.0. The lowest BCUT2D eigenvalue weighted by atomic mass is 10.1. The Balaban J connectivity index is 1.94. The Hall–Kier alpha value is -1.40. The Morgan fingerprint density at radius 1 is 1.06 bits per heavy atom. The molecular formula is C12H16O6. The maximum Gasteiger partial charge on any atom is 0.333 e. The van der Waals surface area contributed by atoms with E-state index in [1.165, 1.54) is 6.92 Å². The summed E-state index contributed by atoms with van der Waals surface area (Å²) in [6, 6.07) is 0. The van der Waals surface area contributed by atoms with Crippen molar-refractivity contribution in [1.29, 1.82) is 0 Å². The van der Waals surface area contributed by atoms with Crippen molar-refractivity contribution in [1.82, 2.24) is 0 Å². The van der Waals surface area contributed by atoms with E-state index in [1.807, 2.05) is 0 Å². The topological polar surface area (TPSA) is 71.1 Å². The minimum Gasteiger partial charge on any atom is -0.457 e. The van der Waals surface area contributed by atoms with Crippen LogP contribution in [0.5, 0.6) is 0 Å². The molecule has 0 N–H and O–H groups in total. The molecule has 2 heterocycles. The smallest absolute Gasteiger partial charge is 0.333 e. The molecule has 2 aliphatic heterocycles. The van der Waals surface area contributed by atoms with Crippen molar-refractivity contribution < 1.29 is 28.5 Å². The molecule has 4 atom stereocenters. The molecule has 2 fully saturated rings. The Labute approximate surface area is 105 Å². The fraction of sp³-hybridized carbons (Fsp3) is 0.667. The second kappa shape index (κ2) is 5.07. The number of carbonyl (C=O) groups is 2. The molecule has 2 rings (SSSR count). The number of hydrogen-bond donors (Lipinski definition) is 0. The van der Waals surface area contributed by atoms with Gasteiger partial charge in [0, 0.05) is 12.5 Å². The van der Waals surface area contributed by atoms with Gasteiger partial charge in [0.1, 0.15) is 12.2 Å². The van der Waals surface area contributed by atoms with E-state index in [4.69, 9.17) is 18.9 Å². The van der Waals surface area contributed by atoms with E-state index in [0.29, 0.717) is 5.57 Å². The Morgan fingerprint density at radius 3 is 2.00 bits per heavy atom. The summed E-state index contributed by atoms with van der Waals surface area (Å²) >= 11 is 0. The number of esters is 2. The van der Waals surface area contributed by atoms with Crippen molar-refractivity contribution in [3.8, 4) is 0 Å². The Bertz CT molecular complexity index is 377. The summed E-state index contributed by atoms with van der Waals surface area (Å²) in [5.41, 5.74) is 0.327. The standard InChI is InChI=1S/C12H16O6/c1-6(2)12(14)18-9-5-16-10-8(17-7(3)13)4-15-11(9)10/h8-11H,1,4-5H2,2-3H3/t8-,9+,10+,11+/m0/s1. The van der Waals surface area contributed by atoms with E-state index in [0.717, 1.165) is 0 Å². The van der Waals surface area contributed by atoms with E-state index in [2.05, 4.69) is 6.58 Å². The first-order valence-corrected chi connectivity index (χ1v) is 5.76. The van der Waals surface area contributed by atoms with Gasteiger partial charge in [0.2, 0.25) is 0 Å². The molecule has 0 radical (unpaired) electrons. The summed E-state index contributed by atoms with van der Waals surface area (Å²) in [6.07, 6.45) is -1.64. The molecule has 0 aromatic rings. The van der Waals surface area contributed by atoms with Crippen LogP contribution < -0.4 is 0 Å². The van der Waals surface area contributed by atoms with Gasteiger partial charge in [0.05, 0.1) is 13.2 Å². The average molecular weight is 256 g/mol. The number of fused-ring (bicyclic) bond motifs is 1. The van der Waals surface area contributed by atoms with Gasteiger partial charge in [-0.05, 0) is 6.92 Å². The lowest BCUT2D eigenvalue weighted by Crippen LogP contribution is -2.35. The van der Waals surface area contributed by atoms with Crippen molar-refractivity contribution in [2.24, 2.45) is 0 Å². The summed E-state index contributed by atoms with van der Waals surface area (Å²) in [4.78, 5) is 22.3. The number of carbonyl (C=O) groups excluding carboxylic acids is 2. The summed E-state index contributed by atoms with van der Waals surface area (Å²) in [5.74, 6) is -0.848. The maximum absolute atomic E-state index is 11.4. The lowest BCUT2D eigenvalue weighted by molar-refractivity contribution is -0.151. The van der Waals surface area contributed by atoms with Gasteiger partial charge in [-0.3, -0.25) is 4.79 Å². The van der Waals surface area contributed by atoms with Crippen LogP contribution in [-0.4, -0.2) is 49.6 Å². The van der Waals surface area contributed by atoms with Crippen LogP contribution in [-0.2, 0) is 28.5 Å². The molecule has 0 unspecified atom stereocenters. The zero-order chi connectivity index (χ0) is 13.3.